The molecule has 0 aliphatic heterocycles. The third kappa shape index (κ3) is 4.31. The highest BCUT2D eigenvalue weighted by Crippen LogP contribution is 2.29. The maximum Gasteiger partial charge on any atom is 0.241 e. The lowest BCUT2D eigenvalue weighted by atomic mass is 9.78. The molecule has 0 saturated heterocycles. The van der Waals surface area contributed by atoms with Gasteiger partial charge >= 0.3 is 0 Å². The highest BCUT2D eigenvalue weighted by molar-refractivity contribution is 5.94. The van der Waals surface area contributed by atoms with Crippen LogP contribution in [0.3, 0.4) is 0 Å². The van der Waals surface area contributed by atoms with E-state index in [0.717, 1.165) is 11.6 Å². The number of rotatable bonds is 4. The minimum atomic E-state index is -0.163. The number of aryl methyl sites for hydroxylation is 1. The van der Waals surface area contributed by atoms with Gasteiger partial charge in [0.2, 0.25) is 5.91 Å². The largest absolute Gasteiger partial charge is 0.325 e. The van der Waals surface area contributed by atoms with Crippen molar-refractivity contribution in [3.05, 3.63) is 29.8 Å². The molecule has 1 saturated carbocycles. The summed E-state index contributed by atoms with van der Waals surface area (Å²) in [5, 5.41) is 6.50. The van der Waals surface area contributed by atoms with Gasteiger partial charge < -0.3 is 10.6 Å². The Hall–Kier alpha value is -1.35. The second kappa shape index (κ2) is 7.08. The molecular weight excluding hydrogens is 260 g/mol. The number of carbonyl (C=O) groups is 1. The van der Waals surface area contributed by atoms with Gasteiger partial charge in [0.1, 0.15) is 0 Å². The van der Waals surface area contributed by atoms with Crippen LogP contribution in [0.4, 0.5) is 5.69 Å². The minimum Gasteiger partial charge on any atom is -0.325 e. The van der Waals surface area contributed by atoms with Crippen LogP contribution < -0.4 is 10.6 Å². The Bertz CT molecular complexity index is 469. The van der Waals surface area contributed by atoms with Gasteiger partial charge in [0, 0.05) is 11.7 Å². The Morgan fingerprint density at radius 2 is 1.86 bits per heavy atom. The van der Waals surface area contributed by atoms with E-state index in [0.29, 0.717) is 12.0 Å². The average Bonchev–Trinajstić information content (AvgIpc) is 2.46. The quantitative estimate of drug-likeness (QED) is 0.886. The van der Waals surface area contributed by atoms with Gasteiger partial charge in [-0.05, 0) is 44.2 Å². The van der Waals surface area contributed by atoms with E-state index in [1.165, 1.54) is 24.8 Å². The molecule has 2 N–H and O–H groups in total. The summed E-state index contributed by atoms with van der Waals surface area (Å²) < 4.78 is 0. The van der Waals surface area contributed by atoms with Crippen LogP contribution in [0.25, 0.3) is 0 Å². The van der Waals surface area contributed by atoms with Crippen molar-refractivity contribution in [2.75, 3.05) is 5.32 Å². The number of carbonyl (C=O) groups excluding carboxylic acids is 1. The van der Waals surface area contributed by atoms with Crippen molar-refractivity contribution < 1.29 is 4.79 Å². The van der Waals surface area contributed by atoms with Gasteiger partial charge in [-0.1, -0.05) is 44.4 Å². The molecule has 116 valence electrons. The van der Waals surface area contributed by atoms with Crippen LogP contribution in [-0.4, -0.2) is 18.0 Å². The Morgan fingerprint density at radius 1 is 1.19 bits per heavy atom. The highest BCUT2D eigenvalue weighted by Gasteiger charge is 2.29. The van der Waals surface area contributed by atoms with E-state index in [9.17, 15) is 4.79 Å². The first-order valence-electron chi connectivity index (χ1n) is 8.11. The maximum absolute atomic E-state index is 12.3. The van der Waals surface area contributed by atoms with E-state index in [1.807, 2.05) is 38.1 Å². The van der Waals surface area contributed by atoms with E-state index in [2.05, 4.69) is 24.5 Å². The van der Waals surface area contributed by atoms with Crippen LogP contribution in [0, 0.1) is 18.8 Å². The molecule has 1 amide bonds. The van der Waals surface area contributed by atoms with Crippen molar-refractivity contribution in [2.45, 2.75) is 59.0 Å². The smallest absolute Gasteiger partial charge is 0.241 e. The molecule has 3 heteroatoms. The molecule has 0 bridgehead atoms. The molecule has 0 unspecified atom stereocenters. The lowest BCUT2D eigenvalue weighted by Crippen LogP contribution is -2.49. The zero-order valence-corrected chi connectivity index (χ0v) is 13.6. The number of anilines is 1. The predicted molar refractivity (Wildman–Crippen MR) is 88.4 cm³/mol. The van der Waals surface area contributed by atoms with Gasteiger partial charge in [-0.2, -0.15) is 0 Å². The predicted octanol–water partition coefficient (Wildman–Crippen LogP) is 3.74. The number of benzene rings is 1. The van der Waals surface area contributed by atoms with E-state index < -0.39 is 0 Å². The van der Waals surface area contributed by atoms with Crippen molar-refractivity contribution in [3.8, 4) is 0 Å². The molecule has 0 heterocycles. The van der Waals surface area contributed by atoms with Crippen LogP contribution in [0.5, 0.6) is 0 Å². The second-order valence-electron chi connectivity index (χ2n) is 6.62. The van der Waals surface area contributed by atoms with Gasteiger partial charge in [0.25, 0.3) is 0 Å². The summed E-state index contributed by atoms with van der Waals surface area (Å²) in [5.74, 6) is 1.42. The maximum atomic E-state index is 12.3. The Kier molecular flexibility index (Phi) is 5.40. The van der Waals surface area contributed by atoms with Crippen LogP contribution in [0.1, 0.15) is 45.6 Å². The first-order chi connectivity index (χ1) is 9.97. The standard InChI is InChI=1S/C18H28N2O/c1-12-8-10-16(11-9-12)20-18(21)15(4)19-17-7-5-6-13(2)14(17)3/h8-11,13-15,17,19H,5-7H2,1-4H3,(H,20,21)/t13-,14-,15+,17-/m0/s1. The van der Waals surface area contributed by atoms with Crippen LogP contribution in [0.2, 0.25) is 0 Å². The van der Waals surface area contributed by atoms with Gasteiger partial charge in [0.05, 0.1) is 6.04 Å². The van der Waals surface area contributed by atoms with Crippen molar-refractivity contribution in [2.24, 2.45) is 11.8 Å². The van der Waals surface area contributed by atoms with Crippen LogP contribution in [0.15, 0.2) is 24.3 Å². The van der Waals surface area contributed by atoms with E-state index in [1.54, 1.807) is 0 Å². The molecule has 21 heavy (non-hydrogen) atoms. The van der Waals surface area contributed by atoms with Crippen LogP contribution >= 0.6 is 0 Å². The summed E-state index contributed by atoms with van der Waals surface area (Å²) in [6, 6.07) is 8.21. The molecule has 2 rings (SSSR count). The summed E-state index contributed by atoms with van der Waals surface area (Å²) >= 11 is 0. The van der Waals surface area contributed by atoms with E-state index in [4.69, 9.17) is 0 Å². The van der Waals surface area contributed by atoms with Crippen LogP contribution in [-0.2, 0) is 4.79 Å². The molecule has 1 aromatic carbocycles. The van der Waals surface area contributed by atoms with Gasteiger partial charge in [0.15, 0.2) is 0 Å². The monoisotopic (exact) mass is 288 g/mol. The summed E-state index contributed by atoms with van der Waals surface area (Å²) in [6.45, 7) is 8.61. The lowest BCUT2D eigenvalue weighted by Gasteiger charge is -2.36. The zero-order valence-electron chi connectivity index (χ0n) is 13.6. The second-order valence-corrected chi connectivity index (χ2v) is 6.62. The molecule has 1 aliphatic carbocycles. The van der Waals surface area contributed by atoms with Crippen molar-refractivity contribution in [3.63, 3.8) is 0 Å². The average molecular weight is 288 g/mol. The van der Waals surface area contributed by atoms with Crippen molar-refractivity contribution in [1.82, 2.24) is 5.32 Å². The van der Waals surface area contributed by atoms with E-state index in [-0.39, 0.29) is 11.9 Å². The molecule has 0 aromatic heterocycles. The fraction of sp³-hybridized carbons (Fsp3) is 0.611. The van der Waals surface area contributed by atoms with Gasteiger partial charge in [-0.15, -0.1) is 0 Å². The normalized spacial score (nSPS) is 27.1. The van der Waals surface area contributed by atoms with E-state index >= 15 is 0 Å². The fourth-order valence-corrected chi connectivity index (χ4v) is 3.10. The first kappa shape index (κ1) is 16.0. The van der Waals surface area contributed by atoms with Crippen molar-refractivity contribution in [1.29, 1.82) is 0 Å². The minimum absolute atomic E-state index is 0.0456. The number of amides is 1. The fourth-order valence-electron chi connectivity index (χ4n) is 3.10. The Labute approximate surface area is 128 Å². The molecule has 1 fully saturated rings. The topological polar surface area (TPSA) is 41.1 Å². The molecule has 4 atom stereocenters. The Balaban J connectivity index is 1.88. The summed E-state index contributed by atoms with van der Waals surface area (Å²) in [7, 11) is 0. The molecule has 3 nitrogen and oxygen atoms in total. The summed E-state index contributed by atoms with van der Waals surface area (Å²) in [5.41, 5.74) is 2.06. The lowest BCUT2D eigenvalue weighted by molar-refractivity contribution is -0.118. The molecular formula is C18H28N2O. The number of hydrogen-bond acceptors (Lipinski definition) is 2. The first-order valence-corrected chi connectivity index (χ1v) is 8.11. The SMILES string of the molecule is Cc1ccc(NC(=O)[C@@H](C)N[C@H]2CCC[C@H](C)[C@@H]2C)cc1. The zero-order chi connectivity index (χ0) is 15.4. The molecule has 0 radical (unpaired) electrons. The van der Waals surface area contributed by atoms with Gasteiger partial charge in [-0.3, -0.25) is 4.79 Å². The van der Waals surface area contributed by atoms with Crippen molar-refractivity contribution >= 4 is 11.6 Å². The Morgan fingerprint density at radius 3 is 2.52 bits per heavy atom. The highest BCUT2D eigenvalue weighted by atomic mass is 16.2. The molecule has 1 aromatic rings. The number of nitrogens with one attached hydrogen (secondary N) is 2. The number of hydrogen-bond donors (Lipinski definition) is 2. The third-order valence-electron chi connectivity index (χ3n) is 4.88. The summed E-state index contributed by atoms with van der Waals surface area (Å²) in [4.78, 5) is 12.3. The molecule has 1 aliphatic rings. The summed E-state index contributed by atoms with van der Waals surface area (Å²) in [6.07, 6.45) is 3.74. The van der Waals surface area contributed by atoms with Gasteiger partial charge in [-0.25, -0.2) is 0 Å². The molecule has 0 spiro atoms. The third-order valence-corrected chi connectivity index (χ3v) is 4.88.